The fraction of sp³-hybridized carbons (Fsp3) is 0.647. The van der Waals surface area contributed by atoms with Crippen LogP contribution in [0.2, 0.25) is 0 Å². The minimum absolute atomic E-state index is 0.155. The normalized spacial score (nSPS) is 16.8. The van der Waals surface area contributed by atoms with Crippen molar-refractivity contribution in [3.05, 3.63) is 23.8 Å². The molecule has 2 rings (SSSR count). The number of nitrogens with zero attached hydrogens (tertiary/aromatic N) is 1. The van der Waals surface area contributed by atoms with E-state index in [9.17, 15) is 0 Å². The third kappa shape index (κ3) is 5.56. The number of anilines is 1. The van der Waals surface area contributed by atoms with Gasteiger partial charge in [-0.2, -0.15) is 0 Å². The maximum atomic E-state index is 5.89. The Balaban J connectivity index is 1.83. The number of ether oxygens (including phenoxy) is 2. The van der Waals surface area contributed by atoms with Crippen LogP contribution >= 0.6 is 0 Å². The highest BCUT2D eigenvalue weighted by atomic mass is 16.5. The molecular formula is C17H28N2O2. The predicted octanol–water partition coefficient (Wildman–Crippen LogP) is 2.92. The van der Waals surface area contributed by atoms with Crippen molar-refractivity contribution in [1.82, 2.24) is 4.90 Å². The molecule has 1 aliphatic rings. The largest absolute Gasteiger partial charge is 0.488 e. The lowest BCUT2D eigenvalue weighted by molar-refractivity contribution is 0.0398. The van der Waals surface area contributed by atoms with Gasteiger partial charge in [0.05, 0.1) is 13.2 Å². The quantitative estimate of drug-likeness (QED) is 0.905. The Morgan fingerprint density at radius 2 is 1.95 bits per heavy atom. The van der Waals surface area contributed by atoms with Crippen molar-refractivity contribution >= 4 is 5.69 Å². The van der Waals surface area contributed by atoms with Crippen LogP contribution in [-0.2, 0) is 4.74 Å². The summed E-state index contributed by atoms with van der Waals surface area (Å²) in [5, 5.41) is 3.51. The van der Waals surface area contributed by atoms with Crippen LogP contribution in [0.15, 0.2) is 18.2 Å². The van der Waals surface area contributed by atoms with Gasteiger partial charge in [0.2, 0.25) is 0 Å². The molecule has 1 N–H and O–H groups in total. The van der Waals surface area contributed by atoms with Crippen LogP contribution in [0.25, 0.3) is 0 Å². The molecule has 0 spiro atoms. The third-order valence-corrected chi connectivity index (χ3v) is 3.47. The SMILES string of the molecule is Cc1cc(OC(C)(C)C)ccc1NCCN1CCOCC1. The lowest BCUT2D eigenvalue weighted by Crippen LogP contribution is -2.39. The minimum atomic E-state index is -0.155. The molecule has 0 aliphatic carbocycles. The number of benzene rings is 1. The Bertz CT molecular complexity index is 449. The molecule has 0 amide bonds. The van der Waals surface area contributed by atoms with E-state index in [4.69, 9.17) is 9.47 Å². The van der Waals surface area contributed by atoms with Gasteiger partial charge in [0.1, 0.15) is 11.4 Å². The van der Waals surface area contributed by atoms with E-state index in [1.165, 1.54) is 11.3 Å². The fourth-order valence-electron chi connectivity index (χ4n) is 2.43. The highest BCUT2D eigenvalue weighted by Gasteiger charge is 2.13. The van der Waals surface area contributed by atoms with E-state index >= 15 is 0 Å². The van der Waals surface area contributed by atoms with E-state index in [-0.39, 0.29) is 5.60 Å². The Kier molecular flexibility index (Phi) is 5.48. The lowest BCUT2D eigenvalue weighted by atomic mass is 10.1. The molecule has 1 fully saturated rings. The van der Waals surface area contributed by atoms with Gasteiger partial charge in [-0.1, -0.05) is 0 Å². The average Bonchev–Trinajstić information content (AvgIpc) is 2.41. The number of aryl methyl sites for hydroxylation is 1. The first kappa shape index (κ1) is 16.1. The van der Waals surface area contributed by atoms with Crippen LogP contribution in [-0.4, -0.2) is 49.9 Å². The van der Waals surface area contributed by atoms with Crippen LogP contribution in [0.3, 0.4) is 0 Å². The number of rotatable bonds is 5. The molecule has 1 aromatic rings. The van der Waals surface area contributed by atoms with Gasteiger partial charge < -0.3 is 14.8 Å². The van der Waals surface area contributed by atoms with Crippen molar-refractivity contribution in [2.45, 2.75) is 33.3 Å². The molecule has 0 bridgehead atoms. The maximum absolute atomic E-state index is 5.89. The van der Waals surface area contributed by atoms with Crippen LogP contribution < -0.4 is 10.1 Å². The molecule has 21 heavy (non-hydrogen) atoms. The second kappa shape index (κ2) is 7.14. The maximum Gasteiger partial charge on any atom is 0.120 e. The van der Waals surface area contributed by atoms with Gasteiger partial charge in [0, 0.05) is 31.9 Å². The van der Waals surface area contributed by atoms with Gasteiger partial charge in [0.15, 0.2) is 0 Å². The summed E-state index contributed by atoms with van der Waals surface area (Å²) in [4.78, 5) is 2.43. The zero-order valence-corrected chi connectivity index (χ0v) is 13.7. The third-order valence-electron chi connectivity index (χ3n) is 3.47. The van der Waals surface area contributed by atoms with Crippen LogP contribution in [0.4, 0.5) is 5.69 Å². The predicted molar refractivity (Wildman–Crippen MR) is 87.3 cm³/mol. The number of hydrogen-bond donors (Lipinski definition) is 1. The zero-order chi connectivity index (χ0) is 15.3. The van der Waals surface area contributed by atoms with Gasteiger partial charge in [-0.3, -0.25) is 4.90 Å². The van der Waals surface area contributed by atoms with Crippen molar-refractivity contribution in [1.29, 1.82) is 0 Å². The molecule has 4 heteroatoms. The van der Waals surface area contributed by atoms with E-state index in [1.807, 2.05) is 6.07 Å². The average molecular weight is 292 g/mol. The lowest BCUT2D eigenvalue weighted by Gasteiger charge is -2.27. The second-order valence-electron chi connectivity index (χ2n) is 6.57. The van der Waals surface area contributed by atoms with E-state index < -0.39 is 0 Å². The van der Waals surface area contributed by atoms with E-state index in [0.717, 1.165) is 45.1 Å². The first-order valence-corrected chi connectivity index (χ1v) is 7.78. The standard InChI is InChI=1S/C17H28N2O2/c1-14-13-15(21-17(2,3)4)5-6-16(14)18-7-8-19-9-11-20-12-10-19/h5-6,13,18H,7-12H2,1-4H3. The summed E-state index contributed by atoms with van der Waals surface area (Å²) in [5.74, 6) is 0.929. The van der Waals surface area contributed by atoms with E-state index in [1.54, 1.807) is 0 Å². The smallest absolute Gasteiger partial charge is 0.120 e. The number of hydrogen-bond acceptors (Lipinski definition) is 4. The summed E-state index contributed by atoms with van der Waals surface area (Å²) in [6, 6.07) is 6.24. The molecule has 4 nitrogen and oxygen atoms in total. The van der Waals surface area contributed by atoms with Crippen molar-refractivity contribution in [2.75, 3.05) is 44.7 Å². The molecule has 0 unspecified atom stereocenters. The van der Waals surface area contributed by atoms with Crippen molar-refractivity contribution in [3.8, 4) is 5.75 Å². The first-order chi connectivity index (χ1) is 9.94. The Hall–Kier alpha value is -1.26. The van der Waals surface area contributed by atoms with Gasteiger partial charge in [-0.15, -0.1) is 0 Å². The number of morpholine rings is 1. The monoisotopic (exact) mass is 292 g/mol. The molecule has 1 saturated heterocycles. The minimum Gasteiger partial charge on any atom is -0.488 e. The molecule has 1 aliphatic heterocycles. The molecule has 0 atom stereocenters. The Morgan fingerprint density at radius 1 is 1.24 bits per heavy atom. The van der Waals surface area contributed by atoms with Crippen LogP contribution in [0.5, 0.6) is 5.75 Å². The van der Waals surface area contributed by atoms with Crippen LogP contribution in [0, 0.1) is 6.92 Å². The highest BCUT2D eigenvalue weighted by molar-refractivity contribution is 5.53. The fourth-order valence-corrected chi connectivity index (χ4v) is 2.43. The zero-order valence-electron chi connectivity index (χ0n) is 13.7. The Morgan fingerprint density at radius 3 is 2.57 bits per heavy atom. The van der Waals surface area contributed by atoms with Gasteiger partial charge in [0.25, 0.3) is 0 Å². The topological polar surface area (TPSA) is 33.7 Å². The molecule has 0 radical (unpaired) electrons. The van der Waals surface area contributed by atoms with Crippen molar-refractivity contribution < 1.29 is 9.47 Å². The summed E-state index contributed by atoms with van der Waals surface area (Å²) in [7, 11) is 0. The summed E-state index contributed by atoms with van der Waals surface area (Å²) in [5.41, 5.74) is 2.25. The van der Waals surface area contributed by atoms with E-state index in [0.29, 0.717) is 0 Å². The first-order valence-electron chi connectivity index (χ1n) is 7.78. The van der Waals surface area contributed by atoms with Crippen molar-refractivity contribution in [2.24, 2.45) is 0 Å². The van der Waals surface area contributed by atoms with Crippen LogP contribution in [0.1, 0.15) is 26.3 Å². The van der Waals surface area contributed by atoms with E-state index in [2.05, 4.69) is 50.0 Å². The molecule has 1 heterocycles. The number of nitrogens with one attached hydrogen (secondary N) is 1. The summed E-state index contributed by atoms with van der Waals surface area (Å²) >= 11 is 0. The second-order valence-corrected chi connectivity index (χ2v) is 6.57. The molecule has 0 aromatic heterocycles. The summed E-state index contributed by atoms with van der Waals surface area (Å²) in [6.07, 6.45) is 0. The summed E-state index contributed by atoms with van der Waals surface area (Å²) in [6.45, 7) is 14.1. The van der Waals surface area contributed by atoms with Gasteiger partial charge >= 0.3 is 0 Å². The molecule has 118 valence electrons. The van der Waals surface area contributed by atoms with Gasteiger partial charge in [-0.05, 0) is 51.5 Å². The molecule has 0 saturated carbocycles. The van der Waals surface area contributed by atoms with Gasteiger partial charge in [-0.25, -0.2) is 0 Å². The van der Waals surface area contributed by atoms with Crippen molar-refractivity contribution in [3.63, 3.8) is 0 Å². The Labute approximate surface area is 128 Å². The highest BCUT2D eigenvalue weighted by Crippen LogP contribution is 2.24. The summed E-state index contributed by atoms with van der Waals surface area (Å²) < 4.78 is 11.2. The molecule has 1 aromatic carbocycles. The molecular weight excluding hydrogens is 264 g/mol.